The molecule has 6 nitrogen and oxygen atoms in total. The van der Waals surface area contributed by atoms with Gasteiger partial charge in [0.05, 0.1) is 9.79 Å². The number of benzene rings is 2. The summed E-state index contributed by atoms with van der Waals surface area (Å²) >= 11 is 11.7. The molecule has 0 amide bonds. The van der Waals surface area contributed by atoms with Gasteiger partial charge in [0.2, 0.25) is 0 Å². The predicted molar refractivity (Wildman–Crippen MR) is 104 cm³/mol. The third-order valence-electron chi connectivity index (χ3n) is 3.48. The topological polar surface area (TPSA) is 84.4 Å². The lowest BCUT2D eigenvalue weighted by Crippen LogP contribution is -2.37. The van der Waals surface area contributed by atoms with Gasteiger partial charge in [-0.1, -0.05) is 35.3 Å². The number of hydrogen-bond acceptors (Lipinski definition) is 5. The van der Waals surface area contributed by atoms with Crippen LogP contribution in [0.25, 0.3) is 0 Å². The molecule has 0 N–H and O–H groups in total. The summed E-state index contributed by atoms with van der Waals surface area (Å²) in [6.07, 6.45) is 1.30. The molecule has 1 heterocycles. The van der Waals surface area contributed by atoms with Crippen LogP contribution in [-0.2, 0) is 20.0 Å². The summed E-state index contributed by atoms with van der Waals surface area (Å²) in [6.45, 7) is 0. The van der Waals surface area contributed by atoms with E-state index in [1.54, 1.807) is 6.07 Å². The molecule has 10 heteroatoms. The van der Waals surface area contributed by atoms with Crippen LogP contribution in [0.5, 0.6) is 0 Å². The summed E-state index contributed by atoms with van der Waals surface area (Å²) < 4.78 is 53.0. The van der Waals surface area contributed by atoms with Crippen LogP contribution in [0.4, 0.5) is 5.82 Å². The Hall–Kier alpha value is -2.13. The van der Waals surface area contributed by atoms with E-state index in [-0.39, 0.29) is 24.3 Å². The van der Waals surface area contributed by atoms with Crippen molar-refractivity contribution in [2.45, 2.75) is 9.79 Å². The number of pyridine rings is 1. The van der Waals surface area contributed by atoms with Crippen LogP contribution in [-0.4, -0.2) is 21.8 Å². The van der Waals surface area contributed by atoms with Crippen molar-refractivity contribution in [3.63, 3.8) is 0 Å². The molecule has 0 spiro atoms. The Morgan fingerprint density at radius 2 is 1.37 bits per heavy atom. The highest BCUT2D eigenvalue weighted by Gasteiger charge is 2.37. The largest absolute Gasteiger partial charge is 0.279 e. The average Bonchev–Trinajstić information content (AvgIpc) is 2.62. The number of halogens is 2. The van der Waals surface area contributed by atoms with E-state index >= 15 is 0 Å². The van der Waals surface area contributed by atoms with Crippen molar-refractivity contribution in [2.75, 3.05) is 3.71 Å². The Bertz CT molecular complexity index is 1170. The third kappa shape index (κ3) is 3.93. The van der Waals surface area contributed by atoms with Crippen LogP contribution in [0.15, 0.2) is 82.7 Å². The van der Waals surface area contributed by atoms with Crippen LogP contribution in [0.3, 0.4) is 0 Å². The molecule has 0 radical (unpaired) electrons. The van der Waals surface area contributed by atoms with E-state index in [9.17, 15) is 16.8 Å². The van der Waals surface area contributed by atoms with Gasteiger partial charge in [-0.3, -0.25) is 0 Å². The quantitative estimate of drug-likeness (QED) is 0.596. The van der Waals surface area contributed by atoms with Crippen molar-refractivity contribution in [3.8, 4) is 0 Å². The Morgan fingerprint density at radius 3 is 1.96 bits per heavy atom. The zero-order chi connectivity index (χ0) is 19.7. The minimum atomic E-state index is -4.53. The molecule has 0 bridgehead atoms. The van der Waals surface area contributed by atoms with E-state index < -0.39 is 20.0 Å². The molecule has 1 aromatic heterocycles. The first kappa shape index (κ1) is 19.6. The second kappa shape index (κ2) is 7.47. The minimum absolute atomic E-state index is 0.154. The van der Waals surface area contributed by atoms with Gasteiger partial charge in [-0.2, -0.15) is 16.8 Å². The van der Waals surface area contributed by atoms with Gasteiger partial charge in [0, 0.05) is 16.2 Å². The molecular weight excluding hydrogens is 431 g/mol. The zero-order valence-electron chi connectivity index (χ0n) is 13.5. The molecule has 140 valence electrons. The van der Waals surface area contributed by atoms with Crippen LogP contribution in [0, 0.1) is 0 Å². The molecule has 0 aliphatic carbocycles. The number of anilines is 1. The van der Waals surface area contributed by atoms with Crippen molar-refractivity contribution in [3.05, 3.63) is 83.0 Å². The molecule has 0 saturated heterocycles. The Labute approximate surface area is 167 Å². The number of nitrogens with zero attached hydrogens (tertiary/aromatic N) is 2. The van der Waals surface area contributed by atoms with E-state index in [1.807, 2.05) is 0 Å². The molecule has 0 unspecified atom stereocenters. The maximum atomic E-state index is 13.2. The molecular formula is C17H12Cl2N2O4S2. The second-order valence-electron chi connectivity index (χ2n) is 5.31. The second-order valence-corrected chi connectivity index (χ2v) is 9.98. The Morgan fingerprint density at radius 1 is 0.704 bits per heavy atom. The summed E-state index contributed by atoms with van der Waals surface area (Å²) in [7, 11) is -9.04. The molecule has 0 aliphatic heterocycles. The van der Waals surface area contributed by atoms with Crippen molar-refractivity contribution in [1.29, 1.82) is 0 Å². The number of sulfonamides is 2. The van der Waals surface area contributed by atoms with Gasteiger partial charge in [0.1, 0.15) is 0 Å². The molecule has 0 atom stereocenters. The Balaban J connectivity index is 2.26. The summed E-state index contributed by atoms with van der Waals surface area (Å²) in [6, 6.07) is 14.8. The van der Waals surface area contributed by atoms with E-state index in [2.05, 4.69) is 4.98 Å². The fraction of sp³-hybridized carbons (Fsp3) is 0. The Kier molecular flexibility index (Phi) is 5.43. The van der Waals surface area contributed by atoms with Gasteiger partial charge in [0.15, 0.2) is 5.82 Å². The van der Waals surface area contributed by atoms with Gasteiger partial charge >= 0.3 is 0 Å². The summed E-state index contributed by atoms with van der Waals surface area (Å²) in [5.41, 5.74) is 0. The smallest absolute Gasteiger partial charge is 0.237 e. The highest BCUT2D eigenvalue weighted by atomic mass is 35.5. The van der Waals surface area contributed by atoms with Crippen molar-refractivity contribution >= 4 is 49.1 Å². The van der Waals surface area contributed by atoms with Crippen LogP contribution in [0.1, 0.15) is 0 Å². The molecule has 0 saturated carbocycles. The lowest BCUT2D eigenvalue weighted by molar-refractivity contribution is 0.583. The fourth-order valence-electron chi connectivity index (χ4n) is 2.26. The highest BCUT2D eigenvalue weighted by molar-refractivity contribution is 8.10. The normalized spacial score (nSPS) is 11.9. The summed E-state index contributed by atoms with van der Waals surface area (Å²) in [5, 5.41) is 0.469. The van der Waals surface area contributed by atoms with Crippen molar-refractivity contribution in [1.82, 2.24) is 4.98 Å². The van der Waals surface area contributed by atoms with Gasteiger partial charge in [0.25, 0.3) is 20.0 Å². The maximum Gasteiger partial charge on any atom is 0.279 e. The van der Waals surface area contributed by atoms with Gasteiger partial charge < -0.3 is 0 Å². The van der Waals surface area contributed by atoms with Crippen molar-refractivity contribution in [2.24, 2.45) is 0 Å². The first-order chi connectivity index (χ1) is 12.7. The zero-order valence-corrected chi connectivity index (χ0v) is 16.7. The first-order valence-electron chi connectivity index (χ1n) is 7.45. The standard InChI is InChI=1S/C17H12Cl2N2O4S2/c18-13-7-9-15(10-8-13)26(22,23)21(17-6-1-2-11-20-17)27(24,25)16-5-3-4-14(19)12-16/h1-12H. The van der Waals surface area contributed by atoms with E-state index in [4.69, 9.17) is 23.2 Å². The summed E-state index contributed by atoms with van der Waals surface area (Å²) in [5.74, 6) is -0.271. The lowest BCUT2D eigenvalue weighted by atomic mass is 10.4. The third-order valence-corrected chi connectivity index (χ3v) is 8.11. The molecule has 0 fully saturated rings. The van der Waals surface area contributed by atoms with Crippen LogP contribution >= 0.6 is 23.2 Å². The highest BCUT2D eigenvalue weighted by Crippen LogP contribution is 2.30. The molecule has 3 aromatic rings. The molecule has 2 aromatic carbocycles. The van der Waals surface area contributed by atoms with Crippen LogP contribution < -0.4 is 3.71 Å². The van der Waals surface area contributed by atoms with Crippen LogP contribution in [0.2, 0.25) is 10.0 Å². The van der Waals surface area contributed by atoms with Gasteiger partial charge in [-0.25, -0.2) is 4.98 Å². The maximum absolute atomic E-state index is 13.2. The SMILES string of the molecule is O=S(=O)(c1ccc(Cl)cc1)N(c1ccccn1)S(=O)(=O)c1cccc(Cl)c1. The predicted octanol–water partition coefficient (Wildman–Crippen LogP) is 3.97. The molecule has 0 aliphatic rings. The van der Waals surface area contributed by atoms with Gasteiger partial charge in [-0.05, 0) is 54.6 Å². The fourth-order valence-corrected chi connectivity index (χ4v) is 6.29. The van der Waals surface area contributed by atoms with Crippen molar-refractivity contribution < 1.29 is 16.8 Å². The lowest BCUT2D eigenvalue weighted by Gasteiger charge is -2.23. The first-order valence-corrected chi connectivity index (χ1v) is 11.1. The summed E-state index contributed by atoms with van der Waals surface area (Å²) in [4.78, 5) is 3.38. The van der Waals surface area contributed by atoms with E-state index in [1.165, 1.54) is 66.9 Å². The molecule has 3 rings (SSSR count). The minimum Gasteiger partial charge on any atom is -0.237 e. The van der Waals surface area contributed by atoms with E-state index in [0.717, 1.165) is 0 Å². The average molecular weight is 443 g/mol. The molecule has 27 heavy (non-hydrogen) atoms. The number of hydrogen-bond donors (Lipinski definition) is 0. The van der Waals surface area contributed by atoms with E-state index in [0.29, 0.717) is 5.02 Å². The number of aromatic nitrogens is 1. The number of rotatable bonds is 5. The van der Waals surface area contributed by atoms with Gasteiger partial charge in [-0.15, -0.1) is 3.71 Å². The monoisotopic (exact) mass is 442 g/mol.